The van der Waals surface area contributed by atoms with Gasteiger partial charge in [-0.15, -0.1) is 0 Å². The van der Waals surface area contributed by atoms with Crippen molar-refractivity contribution in [2.24, 2.45) is 16.5 Å². The van der Waals surface area contributed by atoms with E-state index in [2.05, 4.69) is 25.8 Å². The highest BCUT2D eigenvalue weighted by atomic mass is 16.1. The monoisotopic (exact) mass is 245 g/mol. The van der Waals surface area contributed by atoms with E-state index in [1.807, 2.05) is 24.3 Å². The van der Waals surface area contributed by atoms with E-state index >= 15 is 0 Å². The molecule has 0 spiro atoms. The average Bonchev–Trinajstić information content (AvgIpc) is 2.24. The smallest absolute Gasteiger partial charge is 0.272 e. The van der Waals surface area contributed by atoms with Gasteiger partial charge in [-0.3, -0.25) is 4.79 Å². The number of aliphatic imine (C=N–C) groups is 1. The molecule has 0 aliphatic rings. The summed E-state index contributed by atoms with van der Waals surface area (Å²) < 4.78 is 0. The molecule has 1 aromatic rings. The number of benzene rings is 1. The van der Waals surface area contributed by atoms with E-state index in [0.717, 1.165) is 5.56 Å². The second kappa shape index (κ2) is 5.49. The normalized spacial score (nSPS) is 11.5. The molecular weight excluding hydrogens is 226 g/mol. The Kier molecular flexibility index (Phi) is 4.26. The Balaban J connectivity index is 3.02. The largest absolute Gasteiger partial charge is 0.370 e. The van der Waals surface area contributed by atoms with Crippen LogP contribution in [0.1, 0.15) is 31.9 Å². The standard InChI is InChI=1S/C14H19N3O/c1-14(2,3)11-7-5-4-6-10(11)8-9-12(18)17-13(15)16/h4-9H,1-3H3,(H4,15,16,17,18)/b9-8+. The predicted molar refractivity (Wildman–Crippen MR) is 75.0 cm³/mol. The zero-order valence-electron chi connectivity index (χ0n) is 11.0. The predicted octanol–water partition coefficient (Wildman–Crippen LogP) is 1.80. The number of rotatable bonds is 2. The summed E-state index contributed by atoms with van der Waals surface area (Å²) in [4.78, 5) is 14.8. The number of carbonyl (C=O) groups excluding carboxylic acids is 1. The van der Waals surface area contributed by atoms with Gasteiger partial charge in [0.1, 0.15) is 0 Å². The highest BCUT2D eigenvalue weighted by molar-refractivity contribution is 5.99. The van der Waals surface area contributed by atoms with Crippen LogP contribution in [0.4, 0.5) is 0 Å². The van der Waals surface area contributed by atoms with E-state index in [-0.39, 0.29) is 11.4 Å². The molecule has 0 saturated carbocycles. The Hall–Kier alpha value is -2.10. The minimum absolute atomic E-state index is 0.0140. The Labute approximate surface area is 107 Å². The SMILES string of the molecule is CC(C)(C)c1ccccc1/C=C/C(=O)N=C(N)N. The Bertz CT molecular complexity index is 492. The molecule has 1 rings (SSSR count). The molecular formula is C14H19N3O. The van der Waals surface area contributed by atoms with Crippen LogP contribution in [0.2, 0.25) is 0 Å². The van der Waals surface area contributed by atoms with E-state index in [4.69, 9.17) is 11.5 Å². The van der Waals surface area contributed by atoms with Gasteiger partial charge in [-0.1, -0.05) is 45.0 Å². The Morgan fingerprint density at radius 2 is 1.83 bits per heavy atom. The maximum absolute atomic E-state index is 11.4. The van der Waals surface area contributed by atoms with E-state index in [0.29, 0.717) is 0 Å². The summed E-state index contributed by atoms with van der Waals surface area (Å²) in [6.45, 7) is 6.37. The first-order valence-corrected chi connectivity index (χ1v) is 5.72. The van der Waals surface area contributed by atoms with E-state index in [1.165, 1.54) is 11.6 Å². The third-order valence-corrected chi connectivity index (χ3v) is 2.41. The third kappa shape index (κ3) is 4.05. The number of amides is 1. The summed E-state index contributed by atoms with van der Waals surface area (Å²) >= 11 is 0. The van der Waals surface area contributed by atoms with Crippen LogP contribution in [0.25, 0.3) is 6.08 Å². The van der Waals surface area contributed by atoms with Gasteiger partial charge in [0.2, 0.25) is 0 Å². The van der Waals surface area contributed by atoms with Gasteiger partial charge in [-0.2, -0.15) is 4.99 Å². The lowest BCUT2D eigenvalue weighted by Gasteiger charge is -2.21. The van der Waals surface area contributed by atoms with Gasteiger partial charge in [-0.25, -0.2) is 0 Å². The topological polar surface area (TPSA) is 81.5 Å². The summed E-state index contributed by atoms with van der Waals surface area (Å²) in [5, 5.41) is 0. The molecule has 0 aromatic heterocycles. The number of hydrogen-bond donors (Lipinski definition) is 2. The zero-order valence-corrected chi connectivity index (χ0v) is 11.0. The van der Waals surface area contributed by atoms with Crippen molar-refractivity contribution >= 4 is 17.9 Å². The van der Waals surface area contributed by atoms with Crippen molar-refractivity contribution in [3.63, 3.8) is 0 Å². The van der Waals surface area contributed by atoms with Crippen LogP contribution in [0.3, 0.4) is 0 Å². The van der Waals surface area contributed by atoms with E-state index in [1.54, 1.807) is 6.08 Å². The molecule has 0 unspecified atom stereocenters. The molecule has 1 aromatic carbocycles. The van der Waals surface area contributed by atoms with Crippen LogP contribution in [0.5, 0.6) is 0 Å². The molecule has 18 heavy (non-hydrogen) atoms. The summed E-state index contributed by atoms with van der Waals surface area (Å²) in [5.74, 6) is -0.688. The number of guanidine groups is 1. The molecule has 4 N–H and O–H groups in total. The van der Waals surface area contributed by atoms with Gasteiger partial charge in [0.25, 0.3) is 5.91 Å². The quantitative estimate of drug-likeness (QED) is 0.473. The Morgan fingerprint density at radius 3 is 2.39 bits per heavy atom. The summed E-state index contributed by atoms with van der Waals surface area (Å²) in [6, 6.07) is 7.92. The number of carbonyl (C=O) groups is 1. The Morgan fingerprint density at radius 1 is 1.22 bits per heavy atom. The molecule has 0 radical (unpaired) electrons. The van der Waals surface area contributed by atoms with Crippen molar-refractivity contribution in [1.82, 2.24) is 0 Å². The molecule has 0 atom stereocenters. The lowest BCUT2D eigenvalue weighted by atomic mass is 9.84. The summed E-state index contributed by atoms with van der Waals surface area (Å²) in [5.41, 5.74) is 12.4. The molecule has 0 aliphatic carbocycles. The lowest BCUT2D eigenvalue weighted by Crippen LogP contribution is -2.23. The first-order valence-electron chi connectivity index (χ1n) is 5.72. The first-order chi connectivity index (χ1) is 8.30. The number of nitrogens with two attached hydrogens (primary N) is 2. The fourth-order valence-electron chi connectivity index (χ4n) is 1.65. The van der Waals surface area contributed by atoms with Gasteiger partial charge >= 0.3 is 0 Å². The fraction of sp³-hybridized carbons (Fsp3) is 0.286. The number of nitrogens with zero attached hydrogens (tertiary/aromatic N) is 1. The minimum Gasteiger partial charge on any atom is -0.370 e. The lowest BCUT2D eigenvalue weighted by molar-refractivity contribution is -0.113. The molecule has 0 bridgehead atoms. The van der Waals surface area contributed by atoms with E-state index in [9.17, 15) is 4.79 Å². The van der Waals surface area contributed by atoms with Crippen molar-refractivity contribution in [2.75, 3.05) is 0 Å². The molecule has 96 valence electrons. The molecule has 0 aliphatic heterocycles. The highest BCUT2D eigenvalue weighted by Crippen LogP contribution is 2.26. The van der Waals surface area contributed by atoms with Crippen molar-refractivity contribution in [1.29, 1.82) is 0 Å². The zero-order chi connectivity index (χ0) is 13.8. The van der Waals surface area contributed by atoms with Gasteiger partial charge in [0.05, 0.1) is 0 Å². The van der Waals surface area contributed by atoms with Crippen molar-refractivity contribution in [3.05, 3.63) is 41.5 Å². The van der Waals surface area contributed by atoms with Gasteiger partial charge in [0, 0.05) is 6.08 Å². The van der Waals surface area contributed by atoms with Crippen LogP contribution < -0.4 is 11.5 Å². The minimum atomic E-state index is -0.460. The van der Waals surface area contributed by atoms with Crippen molar-refractivity contribution in [3.8, 4) is 0 Å². The van der Waals surface area contributed by atoms with Crippen LogP contribution in [-0.2, 0) is 10.2 Å². The molecule has 4 nitrogen and oxygen atoms in total. The summed E-state index contributed by atoms with van der Waals surface area (Å²) in [6.07, 6.45) is 3.10. The molecule has 0 heterocycles. The first kappa shape index (κ1) is 14.0. The second-order valence-corrected chi connectivity index (χ2v) is 5.05. The van der Waals surface area contributed by atoms with Crippen LogP contribution in [0.15, 0.2) is 35.3 Å². The molecule has 0 fully saturated rings. The number of hydrogen-bond acceptors (Lipinski definition) is 1. The molecule has 4 heteroatoms. The molecule has 1 amide bonds. The fourth-order valence-corrected chi connectivity index (χ4v) is 1.65. The van der Waals surface area contributed by atoms with Gasteiger partial charge in [0.15, 0.2) is 5.96 Å². The molecule has 0 saturated heterocycles. The average molecular weight is 245 g/mol. The third-order valence-electron chi connectivity index (χ3n) is 2.41. The van der Waals surface area contributed by atoms with Crippen LogP contribution in [-0.4, -0.2) is 11.9 Å². The maximum atomic E-state index is 11.4. The van der Waals surface area contributed by atoms with E-state index < -0.39 is 5.91 Å². The van der Waals surface area contributed by atoms with Crippen molar-refractivity contribution < 1.29 is 4.79 Å². The van der Waals surface area contributed by atoms with Crippen LogP contribution in [0, 0.1) is 0 Å². The maximum Gasteiger partial charge on any atom is 0.272 e. The van der Waals surface area contributed by atoms with Crippen LogP contribution >= 0.6 is 0 Å². The van der Waals surface area contributed by atoms with Crippen molar-refractivity contribution in [2.45, 2.75) is 26.2 Å². The highest BCUT2D eigenvalue weighted by Gasteiger charge is 2.15. The second-order valence-electron chi connectivity index (χ2n) is 5.05. The summed E-state index contributed by atoms with van der Waals surface area (Å²) in [7, 11) is 0. The van der Waals surface area contributed by atoms with Gasteiger partial charge in [-0.05, 0) is 22.6 Å². The van der Waals surface area contributed by atoms with Gasteiger partial charge < -0.3 is 11.5 Å².